The molecule has 2 heterocycles. The zero-order valence-electron chi connectivity index (χ0n) is 13.1. The van der Waals surface area contributed by atoms with Gasteiger partial charge in [-0.2, -0.15) is 5.10 Å². The molecular weight excluding hydrogens is 342 g/mol. The third kappa shape index (κ3) is 3.75. The van der Waals surface area contributed by atoms with Crippen LogP contribution in [0, 0.1) is 6.92 Å². The van der Waals surface area contributed by atoms with Crippen molar-refractivity contribution < 1.29 is 4.42 Å². The molecule has 0 saturated carbocycles. The van der Waals surface area contributed by atoms with Crippen molar-refractivity contribution in [2.45, 2.75) is 6.92 Å². The van der Waals surface area contributed by atoms with Crippen molar-refractivity contribution >= 4 is 29.2 Å². The third-order valence-corrected chi connectivity index (χ3v) is 4.35. The number of aryl methyl sites for hydroxylation is 1. The normalized spacial score (nSPS) is 12.2. The van der Waals surface area contributed by atoms with Crippen LogP contribution in [0.2, 0.25) is 5.02 Å². The van der Waals surface area contributed by atoms with Crippen LogP contribution in [-0.4, -0.2) is 17.4 Å². The smallest absolute Gasteiger partial charge is 0.206 e. The van der Waals surface area contributed by atoms with Crippen LogP contribution in [0.15, 0.2) is 68.9 Å². The summed E-state index contributed by atoms with van der Waals surface area (Å²) in [6.07, 6.45) is 3.44. The Hall–Kier alpha value is -2.37. The Morgan fingerprint density at radius 1 is 1.25 bits per heavy atom. The Morgan fingerprint density at radius 2 is 2.04 bits per heavy atom. The first-order valence-electron chi connectivity index (χ1n) is 7.36. The molecule has 4 nitrogen and oxygen atoms in total. The number of rotatable bonds is 5. The van der Waals surface area contributed by atoms with Gasteiger partial charge in [-0.05, 0) is 31.2 Å². The minimum absolute atomic E-state index is 0.538. The summed E-state index contributed by atoms with van der Waals surface area (Å²) in [5, 5.41) is 7.27. The summed E-state index contributed by atoms with van der Waals surface area (Å²) in [4.78, 5) is 5.29. The fourth-order valence-corrected chi connectivity index (χ4v) is 3.09. The van der Waals surface area contributed by atoms with Crippen LogP contribution >= 0.6 is 22.9 Å². The topological polar surface area (TPSA) is 42.8 Å². The average molecular weight is 358 g/mol. The summed E-state index contributed by atoms with van der Waals surface area (Å²) < 4.78 is 7.34. The first-order chi connectivity index (χ1) is 11.7. The fraction of sp³-hybridized carbons (Fsp3) is 0.111. The number of furan rings is 1. The highest BCUT2D eigenvalue weighted by Gasteiger charge is 2.07. The van der Waals surface area contributed by atoms with Gasteiger partial charge in [-0.1, -0.05) is 29.8 Å². The number of halogens is 1. The van der Waals surface area contributed by atoms with E-state index in [1.807, 2.05) is 48.7 Å². The largest absolute Gasteiger partial charge is 0.460 e. The lowest BCUT2D eigenvalue weighted by atomic mass is 10.2. The van der Waals surface area contributed by atoms with Crippen molar-refractivity contribution in [3.63, 3.8) is 0 Å². The van der Waals surface area contributed by atoms with Gasteiger partial charge in [-0.3, -0.25) is 4.99 Å². The van der Waals surface area contributed by atoms with Gasteiger partial charge < -0.3 is 4.42 Å². The maximum absolute atomic E-state index is 5.98. The second-order valence-corrected chi connectivity index (χ2v) is 6.32. The predicted octanol–water partition coefficient (Wildman–Crippen LogP) is 4.74. The Labute approximate surface area is 149 Å². The molecule has 0 aliphatic heterocycles. The molecule has 0 atom stereocenters. The van der Waals surface area contributed by atoms with Gasteiger partial charge in [0, 0.05) is 16.0 Å². The van der Waals surface area contributed by atoms with Gasteiger partial charge >= 0.3 is 0 Å². The molecule has 0 unspecified atom stereocenters. The number of hydrogen-bond acceptors (Lipinski definition) is 4. The molecule has 0 aliphatic rings. The summed E-state index contributed by atoms with van der Waals surface area (Å²) in [5.74, 6) is 1.55. The van der Waals surface area contributed by atoms with Crippen molar-refractivity contribution in [2.75, 3.05) is 6.54 Å². The molecule has 6 heteroatoms. The minimum Gasteiger partial charge on any atom is -0.460 e. The van der Waals surface area contributed by atoms with E-state index in [2.05, 4.69) is 16.7 Å². The van der Waals surface area contributed by atoms with Gasteiger partial charge in [0.05, 0.1) is 18.5 Å². The van der Waals surface area contributed by atoms with E-state index in [4.69, 9.17) is 16.0 Å². The van der Waals surface area contributed by atoms with Crippen LogP contribution in [0.25, 0.3) is 11.3 Å². The van der Waals surface area contributed by atoms with E-state index in [1.165, 1.54) is 11.3 Å². The molecule has 3 rings (SSSR count). The van der Waals surface area contributed by atoms with E-state index in [1.54, 1.807) is 17.0 Å². The Morgan fingerprint density at radius 3 is 2.71 bits per heavy atom. The molecule has 0 fully saturated rings. The van der Waals surface area contributed by atoms with Crippen molar-refractivity contribution in [1.29, 1.82) is 0 Å². The van der Waals surface area contributed by atoms with E-state index in [-0.39, 0.29) is 0 Å². The molecule has 24 heavy (non-hydrogen) atoms. The standard InChI is InChI=1S/C18H16ClN3OS/c1-3-10-20-18-22(21-11-16-9-4-13(2)23-16)17(12-24-18)14-5-7-15(19)8-6-14/h3-9,11-12H,1,10H2,2H3. The van der Waals surface area contributed by atoms with Crippen molar-refractivity contribution in [3.8, 4) is 11.3 Å². The number of nitrogens with zero attached hydrogens (tertiary/aromatic N) is 3. The zero-order chi connectivity index (χ0) is 16.9. The predicted molar refractivity (Wildman–Crippen MR) is 99.8 cm³/mol. The molecule has 1 aromatic carbocycles. The van der Waals surface area contributed by atoms with Gasteiger partial charge in [-0.15, -0.1) is 17.9 Å². The fourth-order valence-electron chi connectivity index (χ4n) is 2.12. The lowest BCUT2D eigenvalue weighted by Crippen LogP contribution is -2.12. The van der Waals surface area contributed by atoms with Crippen LogP contribution in [0.4, 0.5) is 0 Å². The van der Waals surface area contributed by atoms with Crippen LogP contribution in [-0.2, 0) is 0 Å². The van der Waals surface area contributed by atoms with Crippen molar-refractivity contribution in [1.82, 2.24) is 4.68 Å². The lowest BCUT2D eigenvalue weighted by molar-refractivity contribution is 0.527. The van der Waals surface area contributed by atoms with Gasteiger partial charge in [-0.25, -0.2) is 4.68 Å². The number of aromatic nitrogens is 1. The van der Waals surface area contributed by atoms with E-state index < -0.39 is 0 Å². The SMILES string of the molecule is C=CCN=c1scc(-c2ccc(Cl)cc2)n1N=Cc1ccc(C)o1. The van der Waals surface area contributed by atoms with Crippen LogP contribution in [0.5, 0.6) is 0 Å². The molecular formula is C18H16ClN3OS. The first kappa shape index (κ1) is 16.5. The van der Waals surface area contributed by atoms with E-state index in [0.717, 1.165) is 21.8 Å². The molecule has 0 spiro atoms. The van der Waals surface area contributed by atoms with Gasteiger partial charge in [0.2, 0.25) is 4.80 Å². The van der Waals surface area contributed by atoms with E-state index >= 15 is 0 Å². The van der Waals surface area contributed by atoms with Crippen molar-refractivity contribution in [2.24, 2.45) is 10.1 Å². The molecule has 3 aromatic rings. The summed E-state index contributed by atoms with van der Waals surface area (Å²) >= 11 is 7.51. The van der Waals surface area contributed by atoms with Crippen LogP contribution in [0.1, 0.15) is 11.5 Å². The number of hydrogen-bond donors (Lipinski definition) is 0. The molecule has 0 amide bonds. The second-order valence-electron chi connectivity index (χ2n) is 5.04. The van der Waals surface area contributed by atoms with Gasteiger partial charge in [0.25, 0.3) is 0 Å². The number of thiazole rings is 1. The summed E-state index contributed by atoms with van der Waals surface area (Å²) in [5.41, 5.74) is 1.96. The molecule has 2 aromatic heterocycles. The van der Waals surface area contributed by atoms with Crippen LogP contribution in [0.3, 0.4) is 0 Å². The molecule has 0 N–H and O–H groups in total. The zero-order valence-corrected chi connectivity index (χ0v) is 14.7. The lowest BCUT2D eigenvalue weighted by Gasteiger charge is -2.03. The van der Waals surface area contributed by atoms with Crippen molar-refractivity contribution in [3.05, 3.63) is 75.8 Å². The van der Waals surface area contributed by atoms with E-state index in [0.29, 0.717) is 17.3 Å². The molecule has 122 valence electrons. The Balaban J connectivity index is 2.06. The van der Waals surface area contributed by atoms with Crippen LogP contribution < -0.4 is 4.80 Å². The van der Waals surface area contributed by atoms with Gasteiger partial charge in [0.15, 0.2) is 0 Å². The number of benzene rings is 1. The summed E-state index contributed by atoms with van der Waals surface area (Å²) in [6, 6.07) is 11.4. The highest BCUT2D eigenvalue weighted by Crippen LogP contribution is 2.22. The average Bonchev–Trinajstić information content (AvgIpc) is 3.17. The molecule has 0 bridgehead atoms. The molecule has 0 saturated heterocycles. The highest BCUT2D eigenvalue weighted by atomic mass is 35.5. The molecule has 0 aliphatic carbocycles. The summed E-state index contributed by atoms with van der Waals surface area (Å²) in [7, 11) is 0. The quantitative estimate of drug-likeness (QED) is 0.480. The maximum Gasteiger partial charge on any atom is 0.206 e. The summed E-state index contributed by atoms with van der Waals surface area (Å²) in [6.45, 7) is 6.15. The Kier molecular flexibility index (Phi) is 5.13. The monoisotopic (exact) mass is 357 g/mol. The first-order valence-corrected chi connectivity index (χ1v) is 8.62. The van der Waals surface area contributed by atoms with Gasteiger partial charge in [0.1, 0.15) is 11.5 Å². The van der Waals surface area contributed by atoms with E-state index in [9.17, 15) is 0 Å². The maximum atomic E-state index is 5.98. The second kappa shape index (κ2) is 7.47. The molecule has 0 radical (unpaired) electrons. The highest BCUT2D eigenvalue weighted by molar-refractivity contribution is 7.07. The third-order valence-electron chi connectivity index (χ3n) is 3.24. The Bertz CT molecular complexity index is 932. The minimum atomic E-state index is 0.538.